The summed E-state index contributed by atoms with van der Waals surface area (Å²) in [5, 5.41) is 4.31. The summed E-state index contributed by atoms with van der Waals surface area (Å²) in [6.07, 6.45) is 0. The maximum Gasteiger partial charge on any atom is 0.197 e. The van der Waals surface area contributed by atoms with E-state index in [4.69, 9.17) is 10.5 Å². The van der Waals surface area contributed by atoms with Crippen LogP contribution in [-0.2, 0) is 0 Å². The summed E-state index contributed by atoms with van der Waals surface area (Å²) in [6, 6.07) is 0. The number of rotatable bonds is 7. The zero-order valence-corrected chi connectivity index (χ0v) is 12.7. The van der Waals surface area contributed by atoms with Crippen LogP contribution in [0.1, 0.15) is 20.8 Å². The predicted molar refractivity (Wildman–Crippen MR) is 78.5 cm³/mol. The average molecular weight is 272 g/mol. The first-order valence-electron chi connectivity index (χ1n) is 6.12. The fraction of sp³-hybridized carbons (Fsp3) is 0.750. The van der Waals surface area contributed by atoms with Crippen LogP contribution in [0, 0.1) is 5.41 Å². The molecule has 0 saturated carbocycles. The zero-order valence-electron chi connectivity index (χ0n) is 11.9. The summed E-state index contributed by atoms with van der Waals surface area (Å²) in [7, 11) is 4.16. The van der Waals surface area contributed by atoms with Gasteiger partial charge in [-0.25, -0.2) is 0 Å². The zero-order chi connectivity index (χ0) is 13.8. The minimum Gasteiger partial charge on any atom is -0.487 e. The SMILES string of the molecule is CCOc1c(N)nsc1NCC(C)(C)CN(C)C. The summed E-state index contributed by atoms with van der Waals surface area (Å²) in [5.74, 6) is 1.15. The number of ether oxygens (including phenoxy) is 1. The molecule has 0 bridgehead atoms. The molecule has 0 amide bonds. The highest BCUT2D eigenvalue weighted by Gasteiger charge is 2.21. The van der Waals surface area contributed by atoms with Crippen molar-refractivity contribution in [3.63, 3.8) is 0 Å². The Hall–Kier alpha value is -1.01. The van der Waals surface area contributed by atoms with E-state index in [-0.39, 0.29) is 5.41 Å². The molecule has 0 unspecified atom stereocenters. The lowest BCUT2D eigenvalue weighted by molar-refractivity contribution is 0.254. The Kier molecular flexibility index (Phi) is 5.22. The van der Waals surface area contributed by atoms with Crippen molar-refractivity contribution in [2.75, 3.05) is 44.8 Å². The Morgan fingerprint density at radius 1 is 1.44 bits per heavy atom. The van der Waals surface area contributed by atoms with Crippen LogP contribution < -0.4 is 15.8 Å². The van der Waals surface area contributed by atoms with Crippen LogP contribution in [0.15, 0.2) is 0 Å². The van der Waals surface area contributed by atoms with Gasteiger partial charge in [-0.2, -0.15) is 4.37 Å². The highest BCUT2D eigenvalue weighted by atomic mass is 32.1. The van der Waals surface area contributed by atoms with Gasteiger partial charge in [-0.15, -0.1) is 0 Å². The van der Waals surface area contributed by atoms with Crippen molar-refractivity contribution in [2.45, 2.75) is 20.8 Å². The molecule has 0 fully saturated rings. The topological polar surface area (TPSA) is 63.4 Å². The van der Waals surface area contributed by atoms with E-state index in [1.54, 1.807) is 0 Å². The van der Waals surface area contributed by atoms with Crippen molar-refractivity contribution in [1.82, 2.24) is 9.27 Å². The minimum atomic E-state index is 0.172. The summed E-state index contributed by atoms with van der Waals surface area (Å²) in [6.45, 7) is 8.86. The summed E-state index contributed by atoms with van der Waals surface area (Å²) < 4.78 is 9.62. The standard InChI is InChI=1S/C12H24N4OS/c1-6-17-9-10(13)15-18-11(9)14-7-12(2,3)8-16(4)5/h14H,6-8H2,1-5H3,(H2,13,15). The molecule has 3 N–H and O–H groups in total. The van der Waals surface area contributed by atoms with Crippen molar-refractivity contribution in [1.29, 1.82) is 0 Å². The molecule has 1 rings (SSSR count). The number of anilines is 2. The van der Waals surface area contributed by atoms with Crippen molar-refractivity contribution in [3.05, 3.63) is 0 Å². The van der Waals surface area contributed by atoms with E-state index in [9.17, 15) is 0 Å². The van der Waals surface area contributed by atoms with E-state index in [0.29, 0.717) is 18.2 Å². The van der Waals surface area contributed by atoms with E-state index in [1.165, 1.54) is 11.5 Å². The Bertz CT molecular complexity index is 376. The van der Waals surface area contributed by atoms with Crippen LogP contribution in [0.3, 0.4) is 0 Å². The van der Waals surface area contributed by atoms with Crippen LogP contribution in [0.4, 0.5) is 10.8 Å². The second-order valence-corrected chi connectivity index (χ2v) is 6.19. The Labute approximate surface area is 113 Å². The molecule has 1 heterocycles. The number of hydrogen-bond donors (Lipinski definition) is 2. The third-order valence-electron chi connectivity index (χ3n) is 2.43. The van der Waals surface area contributed by atoms with Gasteiger partial charge in [-0.1, -0.05) is 13.8 Å². The van der Waals surface area contributed by atoms with E-state index < -0.39 is 0 Å². The number of nitrogens with two attached hydrogens (primary N) is 1. The highest BCUT2D eigenvalue weighted by Crippen LogP contribution is 2.35. The Morgan fingerprint density at radius 3 is 2.67 bits per heavy atom. The molecule has 18 heavy (non-hydrogen) atoms. The summed E-state index contributed by atoms with van der Waals surface area (Å²) in [5.41, 5.74) is 5.95. The van der Waals surface area contributed by atoms with E-state index >= 15 is 0 Å². The van der Waals surface area contributed by atoms with Crippen molar-refractivity contribution < 1.29 is 4.74 Å². The molecule has 6 heteroatoms. The average Bonchev–Trinajstić information content (AvgIpc) is 2.57. The third kappa shape index (κ3) is 4.34. The fourth-order valence-electron chi connectivity index (χ4n) is 1.92. The molecule has 0 aliphatic carbocycles. The van der Waals surface area contributed by atoms with E-state index in [0.717, 1.165) is 18.1 Å². The van der Waals surface area contributed by atoms with Gasteiger partial charge in [0, 0.05) is 13.1 Å². The maximum atomic E-state index is 5.77. The maximum absolute atomic E-state index is 5.77. The van der Waals surface area contributed by atoms with Gasteiger partial charge in [0.05, 0.1) is 6.61 Å². The van der Waals surface area contributed by atoms with Gasteiger partial charge < -0.3 is 20.7 Å². The van der Waals surface area contributed by atoms with Crippen LogP contribution in [0.5, 0.6) is 5.75 Å². The number of hydrogen-bond acceptors (Lipinski definition) is 6. The van der Waals surface area contributed by atoms with Crippen LogP contribution in [0.2, 0.25) is 0 Å². The van der Waals surface area contributed by atoms with Gasteiger partial charge in [-0.05, 0) is 38.0 Å². The second kappa shape index (κ2) is 6.24. The molecule has 0 aliphatic rings. The summed E-state index contributed by atoms with van der Waals surface area (Å²) in [4.78, 5) is 2.19. The number of aromatic nitrogens is 1. The van der Waals surface area contributed by atoms with Crippen molar-refractivity contribution >= 4 is 22.4 Å². The molecule has 0 atom stereocenters. The molecular formula is C12H24N4OS. The molecule has 5 nitrogen and oxygen atoms in total. The van der Waals surface area contributed by atoms with Gasteiger partial charge in [-0.3, -0.25) is 0 Å². The lowest BCUT2D eigenvalue weighted by Gasteiger charge is -2.28. The normalized spacial score (nSPS) is 11.9. The number of nitrogen functional groups attached to an aromatic ring is 1. The Morgan fingerprint density at radius 2 is 2.11 bits per heavy atom. The first-order valence-corrected chi connectivity index (χ1v) is 6.89. The molecule has 1 aromatic rings. The molecule has 0 aromatic carbocycles. The second-order valence-electron chi connectivity index (χ2n) is 5.41. The first kappa shape index (κ1) is 15.0. The van der Waals surface area contributed by atoms with Gasteiger partial charge in [0.2, 0.25) is 0 Å². The Balaban J connectivity index is 2.63. The van der Waals surface area contributed by atoms with Gasteiger partial charge in [0.25, 0.3) is 0 Å². The summed E-state index contributed by atoms with van der Waals surface area (Å²) >= 11 is 1.35. The van der Waals surface area contributed by atoms with Crippen LogP contribution in [0.25, 0.3) is 0 Å². The number of nitrogens with zero attached hydrogens (tertiary/aromatic N) is 2. The highest BCUT2D eigenvalue weighted by molar-refractivity contribution is 7.11. The van der Waals surface area contributed by atoms with E-state index in [2.05, 4.69) is 42.5 Å². The largest absolute Gasteiger partial charge is 0.487 e. The molecule has 0 radical (unpaired) electrons. The van der Waals surface area contributed by atoms with Crippen molar-refractivity contribution in [2.24, 2.45) is 5.41 Å². The third-order valence-corrected chi connectivity index (χ3v) is 3.23. The molecule has 1 aromatic heterocycles. The first-order chi connectivity index (χ1) is 8.35. The van der Waals surface area contributed by atoms with Crippen LogP contribution in [-0.4, -0.2) is 43.1 Å². The molecule has 104 valence electrons. The monoisotopic (exact) mass is 272 g/mol. The molecular weight excluding hydrogens is 248 g/mol. The smallest absolute Gasteiger partial charge is 0.197 e. The minimum absolute atomic E-state index is 0.172. The quantitative estimate of drug-likeness (QED) is 0.796. The predicted octanol–water partition coefficient (Wildman–Crippen LogP) is 2.12. The molecule has 0 saturated heterocycles. The van der Waals surface area contributed by atoms with Gasteiger partial charge >= 0.3 is 0 Å². The van der Waals surface area contributed by atoms with Crippen LogP contribution >= 0.6 is 11.5 Å². The van der Waals surface area contributed by atoms with E-state index in [1.807, 2.05) is 6.92 Å². The molecule has 0 aliphatic heterocycles. The van der Waals surface area contributed by atoms with Gasteiger partial charge in [0.15, 0.2) is 16.6 Å². The van der Waals surface area contributed by atoms with Crippen molar-refractivity contribution in [3.8, 4) is 5.75 Å². The van der Waals surface area contributed by atoms with Gasteiger partial charge in [0.1, 0.15) is 0 Å². The number of nitrogens with one attached hydrogen (secondary N) is 1. The fourth-order valence-corrected chi connectivity index (χ4v) is 2.58. The molecule has 0 spiro atoms. The lowest BCUT2D eigenvalue weighted by atomic mass is 9.93. The lowest BCUT2D eigenvalue weighted by Crippen LogP contribution is -2.34.